The van der Waals surface area contributed by atoms with Crippen LogP contribution in [0, 0.1) is 5.92 Å². The Morgan fingerprint density at radius 2 is 1.70 bits per heavy atom. The summed E-state index contributed by atoms with van der Waals surface area (Å²) in [7, 11) is 0. The van der Waals surface area contributed by atoms with Gasteiger partial charge in [0, 0.05) is 70.8 Å². The third-order valence-corrected chi connectivity index (χ3v) is 6.81. The first-order valence-electron chi connectivity index (χ1n) is 11.4. The number of anilines is 1. The molecule has 4 heterocycles. The Morgan fingerprint density at radius 1 is 1.00 bits per heavy atom. The Morgan fingerprint density at radius 3 is 2.36 bits per heavy atom. The van der Waals surface area contributed by atoms with Crippen LogP contribution >= 0.6 is 24.8 Å². The number of carbonyl (C=O) groups is 2. The number of aromatic nitrogens is 1. The fraction of sp³-hybridized carbons (Fsp3) is 0.682. The number of ether oxygens (including phenoxy) is 1. The molecule has 1 aromatic heterocycles. The van der Waals surface area contributed by atoms with Crippen molar-refractivity contribution >= 4 is 42.4 Å². The van der Waals surface area contributed by atoms with Gasteiger partial charge in [-0.3, -0.25) is 14.5 Å². The van der Waals surface area contributed by atoms with E-state index in [1.807, 2.05) is 9.80 Å². The van der Waals surface area contributed by atoms with Crippen LogP contribution in [-0.4, -0.2) is 91.2 Å². The number of pyridine rings is 1. The first kappa shape index (κ1) is 27.6. The third-order valence-electron chi connectivity index (χ3n) is 6.81. The molecule has 0 aliphatic carbocycles. The molecule has 0 saturated carbocycles. The first-order valence-corrected chi connectivity index (χ1v) is 11.4. The zero-order valence-corrected chi connectivity index (χ0v) is 20.6. The van der Waals surface area contributed by atoms with Gasteiger partial charge in [0.2, 0.25) is 5.91 Å². The third kappa shape index (κ3) is 6.70. The molecule has 0 bridgehead atoms. The summed E-state index contributed by atoms with van der Waals surface area (Å²) in [4.78, 5) is 35.9. The molecular weight excluding hydrogens is 467 g/mol. The molecule has 3 aliphatic rings. The van der Waals surface area contributed by atoms with E-state index in [0.717, 1.165) is 52.0 Å². The van der Waals surface area contributed by atoms with Gasteiger partial charge < -0.3 is 26.0 Å². The Bertz CT molecular complexity index is 787. The molecule has 4 N–H and O–H groups in total. The fourth-order valence-corrected chi connectivity index (χ4v) is 5.04. The zero-order valence-electron chi connectivity index (χ0n) is 18.9. The number of rotatable bonds is 4. The van der Waals surface area contributed by atoms with E-state index in [2.05, 4.69) is 9.88 Å². The smallest absolute Gasteiger partial charge is 0.252 e. The van der Waals surface area contributed by atoms with Crippen LogP contribution in [0.3, 0.4) is 0 Å². The summed E-state index contributed by atoms with van der Waals surface area (Å²) in [5.41, 5.74) is 12.3. The summed E-state index contributed by atoms with van der Waals surface area (Å²) in [6.07, 6.45) is 5.41. The quantitative estimate of drug-likeness (QED) is 0.627. The predicted octanol–water partition coefficient (Wildman–Crippen LogP) is 0.891. The van der Waals surface area contributed by atoms with E-state index in [1.54, 1.807) is 18.3 Å². The van der Waals surface area contributed by atoms with Crippen molar-refractivity contribution in [2.45, 2.75) is 37.8 Å². The van der Waals surface area contributed by atoms with Gasteiger partial charge in [0.1, 0.15) is 5.82 Å². The molecule has 3 fully saturated rings. The lowest BCUT2D eigenvalue weighted by molar-refractivity contribution is -0.136. The maximum atomic E-state index is 13.4. The molecule has 11 heteroatoms. The van der Waals surface area contributed by atoms with Gasteiger partial charge in [-0.1, -0.05) is 0 Å². The maximum absolute atomic E-state index is 13.4. The number of amides is 2. The van der Waals surface area contributed by atoms with Crippen molar-refractivity contribution in [1.82, 2.24) is 14.8 Å². The Labute approximate surface area is 208 Å². The average Bonchev–Trinajstić information content (AvgIpc) is 3.01. The van der Waals surface area contributed by atoms with Crippen molar-refractivity contribution in [1.29, 1.82) is 0 Å². The van der Waals surface area contributed by atoms with Crippen molar-refractivity contribution < 1.29 is 14.3 Å². The standard InChI is InChI=1S/C22H34N6O3.2ClH/c23-17-4-3-16(14-28(15-17)18-5-12-31-13-6-18)22(30)27-10-8-26(9-11-27)21-19(20(24)29)2-1-7-25-21;;/h1-2,7,16-18H,3-6,8-15,23H2,(H2,24,29);2*1H/t16-,17+;;/m1../s1. The van der Waals surface area contributed by atoms with Crippen LogP contribution in [0.25, 0.3) is 0 Å². The second kappa shape index (κ2) is 12.7. The summed E-state index contributed by atoms with van der Waals surface area (Å²) >= 11 is 0. The molecule has 1 aromatic rings. The van der Waals surface area contributed by atoms with Crippen LogP contribution in [0.15, 0.2) is 18.3 Å². The number of carbonyl (C=O) groups excluding carboxylic acids is 2. The number of primary amides is 1. The van der Waals surface area contributed by atoms with Crippen molar-refractivity contribution in [3.05, 3.63) is 23.9 Å². The van der Waals surface area contributed by atoms with Crippen molar-refractivity contribution in [2.75, 3.05) is 57.4 Å². The molecule has 33 heavy (non-hydrogen) atoms. The van der Waals surface area contributed by atoms with E-state index in [4.69, 9.17) is 16.2 Å². The summed E-state index contributed by atoms with van der Waals surface area (Å²) in [6.45, 7) is 5.73. The molecule has 3 aliphatic heterocycles. The highest BCUT2D eigenvalue weighted by molar-refractivity contribution is 5.97. The van der Waals surface area contributed by atoms with Gasteiger partial charge in [-0.25, -0.2) is 4.98 Å². The number of likely N-dealkylation sites (tertiary alicyclic amines) is 1. The number of nitrogens with two attached hydrogens (primary N) is 2. The van der Waals surface area contributed by atoms with E-state index in [1.165, 1.54) is 0 Å². The van der Waals surface area contributed by atoms with Gasteiger partial charge in [0.15, 0.2) is 0 Å². The largest absolute Gasteiger partial charge is 0.381 e. The lowest BCUT2D eigenvalue weighted by Crippen LogP contribution is -2.52. The highest BCUT2D eigenvalue weighted by Crippen LogP contribution is 2.25. The van der Waals surface area contributed by atoms with Gasteiger partial charge in [0.05, 0.1) is 11.5 Å². The first-order chi connectivity index (χ1) is 15.0. The molecule has 2 amide bonds. The predicted molar refractivity (Wildman–Crippen MR) is 132 cm³/mol. The monoisotopic (exact) mass is 502 g/mol. The van der Waals surface area contributed by atoms with Crippen molar-refractivity contribution in [3.63, 3.8) is 0 Å². The highest BCUT2D eigenvalue weighted by Gasteiger charge is 2.34. The van der Waals surface area contributed by atoms with Crippen LogP contribution < -0.4 is 16.4 Å². The second-order valence-electron chi connectivity index (χ2n) is 8.88. The second-order valence-corrected chi connectivity index (χ2v) is 8.88. The maximum Gasteiger partial charge on any atom is 0.252 e. The normalized spacial score (nSPS) is 24.9. The molecule has 0 radical (unpaired) electrons. The summed E-state index contributed by atoms with van der Waals surface area (Å²) in [5, 5.41) is 0. The fourth-order valence-electron chi connectivity index (χ4n) is 5.04. The van der Waals surface area contributed by atoms with Crippen LogP contribution in [0.1, 0.15) is 36.0 Å². The summed E-state index contributed by atoms with van der Waals surface area (Å²) in [6, 6.07) is 3.99. The Kier molecular flexibility index (Phi) is 10.6. The van der Waals surface area contributed by atoms with Gasteiger partial charge in [-0.15, -0.1) is 24.8 Å². The molecule has 186 valence electrons. The van der Waals surface area contributed by atoms with Gasteiger partial charge in [-0.05, 0) is 37.8 Å². The average molecular weight is 503 g/mol. The Balaban J connectivity index is 0.00000193. The van der Waals surface area contributed by atoms with Crippen molar-refractivity contribution in [2.24, 2.45) is 17.4 Å². The van der Waals surface area contributed by atoms with E-state index < -0.39 is 5.91 Å². The minimum absolute atomic E-state index is 0. The molecule has 0 aromatic carbocycles. The Hall–Kier alpha value is -1.65. The van der Waals surface area contributed by atoms with Crippen LogP contribution in [0.4, 0.5) is 5.82 Å². The topological polar surface area (TPSA) is 118 Å². The lowest BCUT2D eigenvalue weighted by Gasteiger charge is -2.39. The van der Waals surface area contributed by atoms with Gasteiger partial charge in [0.25, 0.3) is 5.91 Å². The van der Waals surface area contributed by atoms with E-state index in [9.17, 15) is 9.59 Å². The number of piperazine rings is 1. The lowest BCUT2D eigenvalue weighted by atomic mass is 9.99. The van der Waals surface area contributed by atoms with Crippen LogP contribution in [0.2, 0.25) is 0 Å². The minimum Gasteiger partial charge on any atom is -0.381 e. The minimum atomic E-state index is -0.482. The number of hydrogen-bond acceptors (Lipinski definition) is 7. The van der Waals surface area contributed by atoms with Gasteiger partial charge in [-0.2, -0.15) is 0 Å². The molecular formula is C22H36Cl2N6O3. The molecule has 0 unspecified atom stereocenters. The van der Waals surface area contributed by atoms with Crippen LogP contribution in [0.5, 0.6) is 0 Å². The SMILES string of the molecule is Cl.Cl.NC(=O)c1cccnc1N1CCN(C(=O)[C@@H]2CC[C@H](N)CN(C3CCOCC3)C2)CC1. The van der Waals surface area contributed by atoms with E-state index >= 15 is 0 Å². The molecule has 3 saturated heterocycles. The number of nitrogens with zero attached hydrogens (tertiary/aromatic N) is 4. The van der Waals surface area contributed by atoms with E-state index in [0.29, 0.717) is 43.6 Å². The van der Waals surface area contributed by atoms with E-state index in [-0.39, 0.29) is 42.7 Å². The summed E-state index contributed by atoms with van der Waals surface area (Å²) in [5.74, 6) is 0.332. The zero-order chi connectivity index (χ0) is 21.8. The van der Waals surface area contributed by atoms with Crippen LogP contribution in [-0.2, 0) is 9.53 Å². The molecule has 9 nitrogen and oxygen atoms in total. The molecule has 2 atom stereocenters. The molecule has 0 spiro atoms. The van der Waals surface area contributed by atoms with Gasteiger partial charge >= 0.3 is 0 Å². The van der Waals surface area contributed by atoms with Crippen molar-refractivity contribution in [3.8, 4) is 0 Å². The molecule has 4 rings (SSSR count). The summed E-state index contributed by atoms with van der Waals surface area (Å²) < 4.78 is 5.52. The number of halogens is 2. The highest BCUT2D eigenvalue weighted by atomic mass is 35.5. The number of hydrogen-bond donors (Lipinski definition) is 2.